The second-order valence-electron chi connectivity index (χ2n) is 8.90. The third kappa shape index (κ3) is 4.58. The number of hydrogen-bond donors (Lipinski definition) is 0. The minimum Gasteiger partial charge on any atom is -0.350 e. The van der Waals surface area contributed by atoms with Gasteiger partial charge in [-0.05, 0) is 42.5 Å². The fourth-order valence-corrected chi connectivity index (χ4v) is 5.79. The van der Waals surface area contributed by atoms with Gasteiger partial charge in [0.05, 0.1) is 10.4 Å². The van der Waals surface area contributed by atoms with Gasteiger partial charge in [0.15, 0.2) is 0 Å². The largest absolute Gasteiger partial charge is 0.350 e. The van der Waals surface area contributed by atoms with Gasteiger partial charge in [0.2, 0.25) is 15.5 Å². The number of piperidine rings is 1. The van der Waals surface area contributed by atoms with E-state index in [1.165, 1.54) is 27.5 Å². The van der Waals surface area contributed by atoms with Gasteiger partial charge in [-0.15, -0.1) is 0 Å². The Morgan fingerprint density at radius 1 is 1.09 bits per heavy atom. The minimum absolute atomic E-state index is 0.0183. The second-order valence-corrected chi connectivity index (χ2v) is 10.8. The van der Waals surface area contributed by atoms with E-state index >= 15 is 0 Å². The molecule has 0 aliphatic carbocycles. The topological polar surface area (TPSA) is 79.7 Å². The summed E-state index contributed by atoms with van der Waals surface area (Å²) in [5.74, 6) is 0.0985. The molecule has 0 spiro atoms. The van der Waals surface area contributed by atoms with Crippen LogP contribution in [0.5, 0.6) is 0 Å². The highest BCUT2D eigenvalue weighted by molar-refractivity contribution is 7.89. The smallest absolute Gasteiger partial charge is 0.259 e. The first-order valence-electron chi connectivity index (χ1n) is 11.1. The van der Waals surface area contributed by atoms with Crippen molar-refractivity contribution in [3.05, 3.63) is 76.1 Å². The van der Waals surface area contributed by atoms with Crippen LogP contribution in [0.15, 0.2) is 64.4 Å². The van der Waals surface area contributed by atoms with Crippen LogP contribution in [0.4, 0.5) is 0 Å². The van der Waals surface area contributed by atoms with Crippen LogP contribution >= 0.6 is 0 Å². The third-order valence-corrected chi connectivity index (χ3v) is 8.27. The number of carbonyl (C=O) groups is 1. The van der Waals surface area contributed by atoms with Gasteiger partial charge >= 0.3 is 0 Å². The van der Waals surface area contributed by atoms with E-state index < -0.39 is 21.4 Å². The van der Waals surface area contributed by atoms with Crippen molar-refractivity contribution in [3.63, 3.8) is 0 Å². The summed E-state index contributed by atoms with van der Waals surface area (Å²) >= 11 is 0. The lowest BCUT2D eigenvalue weighted by molar-refractivity contribution is 0.0783. The predicted octanol–water partition coefficient (Wildman–Crippen LogP) is 3.23. The van der Waals surface area contributed by atoms with E-state index in [1.807, 2.05) is 30.3 Å². The van der Waals surface area contributed by atoms with E-state index in [2.05, 4.69) is 6.92 Å². The molecule has 0 radical (unpaired) electrons. The molecule has 8 heteroatoms. The Bertz CT molecular complexity index is 1340. The maximum atomic E-state index is 13.3. The van der Waals surface area contributed by atoms with Gasteiger partial charge in [0.1, 0.15) is 5.56 Å². The molecule has 0 unspecified atom stereocenters. The van der Waals surface area contributed by atoms with E-state index in [0.717, 1.165) is 18.4 Å². The molecule has 0 bridgehead atoms. The highest BCUT2D eigenvalue weighted by Gasteiger charge is 2.29. The second kappa shape index (κ2) is 9.11. The van der Waals surface area contributed by atoms with Crippen molar-refractivity contribution in [1.29, 1.82) is 0 Å². The lowest BCUT2D eigenvalue weighted by atomic mass is 10.0. The normalized spacial score (nSPS) is 15.6. The number of carbonyl (C=O) groups excluding carboxylic acids is 1. The minimum atomic E-state index is -3.71. The standard InChI is InChI=1S/C25H29N3O4S/c1-18-11-13-28(14-12-18)33(31,32)20-9-10-23-21(15-20)24(29)22(17-26(23)2)25(30)27(3)16-19-7-5-4-6-8-19/h4-10,15,17-18H,11-14,16H2,1-3H3. The Labute approximate surface area is 194 Å². The van der Waals surface area contributed by atoms with Crippen molar-refractivity contribution < 1.29 is 13.2 Å². The zero-order chi connectivity index (χ0) is 23.8. The molecule has 174 valence electrons. The van der Waals surface area contributed by atoms with Crippen LogP contribution in [0.1, 0.15) is 35.7 Å². The fraction of sp³-hybridized carbons (Fsp3) is 0.360. The Kier molecular flexibility index (Phi) is 6.41. The quantitative estimate of drug-likeness (QED) is 0.577. The summed E-state index contributed by atoms with van der Waals surface area (Å²) in [5.41, 5.74) is 1.09. The van der Waals surface area contributed by atoms with Crippen LogP contribution < -0.4 is 5.43 Å². The molecule has 0 saturated carbocycles. The predicted molar refractivity (Wildman–Crippen MR) is 129 cm³/mol. The molecule has 4 rings (SSSR count). The summed E-state index contributed by atoms with van der Waals surface area (Å²) in [6, 6.07) is 14.1. The number of nitrogens with zero attached hydrogens (tertiary/aromatic N) is 3. The molecule has 1 saturated heterocycles. The number of benzene rings is 2. The Balaban J connectivity index is 1.71. The molecule has 2 heterocycles. The van der Waals surface area contributed by atoms with Crippen molar-refractivity contribution in [2.75, 3.05) is 20.1 Å². The number of fused-ring (bicyclic) bond motifs is 1. The van der Waals surface area contributed by atoms with Crippen LogP contribution in [0.25, 0.3) is 10.9 Å². The molecule has 1 aliphatic rings. The van der Waals surface area contributed by atoms with Crippen LogP contribution in [0, 0.1) is 5.92 Å². The van der Waals surface area contributed by atoms with Crippen molar-refractivity contribution in [1.82, 2.24) is 13.8 Å². The van der Waals surface area contributed by atoms with Crippen LogP contribution in [-0.4, -0.2) is 48.2 Å². The maximum absolute atomic E-state index is 13.3. The summed E-state index contributed by atoms with van der Waals surface area (Å²) in [5, 5.41) is 0.225. The van der Waals surface area contributed by atoms with Crippen molar-refractivity contribution in [2.45, 2.75) is 31.2 Å². The summed E-state index contributed by atoms with van der Waals surface area (Å²) in [6.07, 6.45) is 3.16. The molecule has 3 aromatic rings. The number of aryl methyl sites for hydroxylation is 1. The van der Waals surface area contributed by atoms with Crippen molar-refractivity contribution in [2.24, 2.45) is 13.0 Å². The van der Waals surface area contributed by atoms with Gasteiger partial charge in [-0.2, -0.15) is 4.31 Å². The number of sulfonamides is 1. The third-order valence-electron chi connectivity index (χ3n) is 6.38. The van der Waals surface area contributed by atoms with Crippen LogP contribution in [0.3, 0.4) is 0 Å². The molecule has 1 amide bonds. The maximum Gasteiger partial charge on any atom is 0.259 e. The average Bonchev–Trinajstić information content (AvgIpc) is 2.81. The monoisotopic (exact) mass is 467 g/mol. The van der Waals surface area contributed by atoms with Crippen LogP contribution in [-0.2, 0) is 23.6 Å². The van der Waals surface area contributed by atoms with E-state index in [1.54, 1.807) is 24.7 Å². The van der Waals surface area contributed by atoms with Crippen molar-refractivity contribution >= 4 is 26.8 Å². The molecule has 33 heavy (non-hydrogen) atoms. The van der Waals surface area contributed by atoms with E-state index in [4.69, 9.17) is 0 Å². The first-order valence-corrected chi connectivity index (χ1v) is 12.6. The molecule has 1 fully saturated rings. The molecular formula is C25H29N3O4S. The lowest BCUT2D eigenvalue weighted by Crippen LogP contribution is -2.38. The highest BCUT2D eigenvalue weighted by Crippen LogP contribution is 2.25. The fourth-order valence-electron chi connectivity index (χ4n) is 4.29. The van der Waals surface area contributed by atoms with Gasteiger partial charge in [-0.1, -0.05) is 37.3 Å². The molecule has 0 atom stereocenters. The number of aromatic nitrogens is 1. The number of hydrogen-bond acceptors (Lipinski definition) is 4. The number of pyridine rings is 1. The first-order chi connectivity index (χ1) is 15.7. The summed E-state index contributed by atoms with van der Waals surface area (Å²) < 4.78 is 29.6. The van der Waals surface area contributed by atoms with E-state index in [0.29, 0.717) is 31.1 Å². The summed E-state index contributed by atoms with van der Waals surface area (Å²) in [6.45, 7) is 3.43. The van der Waals surface area contributed by atoms with Gasteiger partial charge in [-0.3, -0.25) is 9.59 Å². The Morgan fingerprint density at radius 2 is 1.76 bits per heavy atom. The molecule has 2 aromatic carbocycles. The van der Waals surface area contributed by atoms with E-state index in [9.17, 15) is 18.0 Å². The van der Waals surface area contributed by atoms with Crippen molar-refractivity contribution in [3.8, 4) is 0 Å². The molecule has 0 N–H and O–H groups in total. The number of amides is 1. The highest BCUT2D eigenvalue weighted by atomic mass is 32.2. The zero-order valence-electron chi connectivity index (χ0n) is 19.2. The number of rotatable bonds is 5. The van der Waals surface area contributed by atoms with Gasteiger partial charge in [0, 0.05) is 45.3 Å². The van der Waals surface area contributed by atoms with Gasteiger partial charge in [-0.25, -0.2) is 8.42 Å². The molecule has 1 aromatic heterocycles. The van der Waals surface area contributed by atoms with Gasteiger partial charge < -0.3 is 9.47 Å². The SMILES string of the molecule is CC1CCN(S(=O)(=O)c2ccc3c(c2)c(=O)c(C(=O)N(C)Cc2ccccc2)cn3C)CC1. The van der Waals surface area contributed by atoms with E-state index in [-0.39, 0.29) is 15.8 Å². The lowest BCUT2D eigenvalue weighted by Gasteiger charge is -2.29. The molecular weight excluding hydrogens is 438 g/mol. The Hall–Kier alpha value is -2.97. The first kappa shape index (κ1) is 23.2. The molecule has 7 nitrogen and oxygen atoms in total. The van der Waals surface area contributed by atoms with Gasteiger partial charge in [0.25, 0.3) is 5.91 Å². The Morgan fingerprint density at radius 3 is 2.42 bits per heavy atom. The summed E-state index contributed by atoms with van der Waals surface area (Å²) in [7, 11) is -0.311. The summed E-state index contributed by atoms with van der Waals surface area (Å²) in [4.78, 5) is 28.0. The molecule has 1 aliphatic heterocycles. The zero-order valence-corrected chi connectivity index (χ0v) is 20.0. The van der Waals surface area contributed by atoms with Crippen LogP contribution in [0.2, 0.25) is 0 Å². The average molecular weight is 468 g/mol.